The van der Waals surface area contributed by atoms with Crippen molar-refractivity contribution in [3.8, 4) is 0 Å². The number of fused-ring (bicyclic) bond motifs is 1. The fraction of sp³-hybridized carbons (Fsp3) is 0.231. The van der Waals surface area contributed by atoms with Crippen LogP contribution in [-0.2, 0) is 19.1 Å². The third-order valence-electron chi connectivity index (χ3n) is 2.82. The molecule has 1 aliphatic rings. The summed E-state index contributed by atoms with van der Waals surface area (Å²) in [5.41, 5.74) is 1.82. The van der Waals surface area contributed by atoms with Crippen LogP contribution in [-0.4, -0.2) is 33.1 Å². The average molecular weight is 288 g/mol. The average Bonchev–Trinajstić information content (AvgIpc) is 2.83. The number of aromatic nitrogens is 3. The third kappa shape index (κ3) is 2.55. The van der Waals surface area contributed by atoms with E-state index in [9.17, 15) is 9.59 Å². The SMILES string of the molecule is CC1(C)OC(=O)C(=CNc2ccc3n[nH]nc3c2)C(=O)O1. The molecule has 0 unspecified atom stereocenters. The molecule has 2 aromatic rings. The first-order valence-electron chi connectivity index (χ1n) is 6.18. The lowest BCUT2D eigenvalue weighted by Crippen LogP contribution is -2.42. The molecule has 1 saturated heterocycles. The number of rotatable bonds is 2. The molecule has 0 atom stereocenters. The van der Waals surface area contributed by atoms with Crippen LogP contribution in [0, 0.1) is 0 Å². The van der Waals surface area contributed by atoms with Crippen LogP contribution in [0.1, 0.15) is 13.8 Å². The van der Waals surface area contributed by atoms with Gasteiger partial charge in [-0.25, -0.2) is 9.59 Å². The first kappa shape index (κ1) is 13.1. The molecule has 1 fully saturated rings. The summed E-state index contributed by atoms with van der Waals surface area (Å²) in [6.07, 6.45) is 1.25. The minimum Gasteiger partial charge on any atom is -0.419 e. The van der Waals surface area contributed by atoms with Gasteiger partial charge in [0.15, 0.2) is 5.57 Å². The van der Waals surface area contributed by atoms with E-state index in [1.54, 1.807) is 18.2 Å². The Balaban J connectivity index is 1.81. The molecule has 0 aliphatic carbocycles. The van der Waals surface area contributed by atoms with E-state index in [0.717, 1.165) is 0 Å². The van der Waals surface area contributed by atoms with Crippen molar-refractivity contribution in [1.82, 2.24) is 15.4 Å². The van der Waals surface area contributed by atoms with Crippen molar-refractivity contribution in [2.24, 2.45) is 0 Å². The molecule has 0 saturated carbocycles. The number of aromatic amines is 1. The summed E-state index contributed by atoms with van der Waals surface area (Å²) < 4.78 is 9.97. The van der Waals surface area contributed by atoms with Gasteiger partial charge in [-0.2, -0.15) is 15.4 Å². The van der Waals surface area contributed by atoms with E-state index >= 15 is 0 Å². The van der Waals surface area contributed by atoms with Crippen molar-refractivity contribution >= 4 is 28.7 Å². The van der Waals surface area contributed by atoms with Gasteiger partial charge in [-0.3, -0.25) is 0 Å². The maximum atomic E-state index is 11.8. The molecule has 108 valence electrons. The van der Waals surface area contributed by atoms with Crippen molar-refractivity contribution in [3.05, 3.63) is 30.0 Å². The maximum absolute atomic E-state index is 11.8. The van der Waals surface area contributed by atoms with Crippen molar-refractivity contribution in [3.63, 3.8) is 0 Å². The molecule has 0 amide bonds. The summed E-state index contributed by atoms with van der Waals surface area (Å²) in [4.78, 5) is 23.5. The Morgan fingerprint density at radius 1 is 1.14 bits per heavy atom. The third-order valence-corrected chi connectivity index (χ3v) is 2.82. The molecule has 1 aromatic carbocycles. The topological polar surface area (TPSA) is 106 Å². The molecule has 2 N–H and O–H groups in total. The van der Waals surface area contributed by atoms with Gasteiger partial charge < -0.3 is 14.8 Å². The molecule has 21 heavy (non-hydrogen) atoms. The van der Waals surface area contributed by atoms with Gasteiger partial charge in [0.2, 0.25) is 0 Å². The quantitative estimate of drug-likeness (QED) is 0.484. The number of ether oxygens (including phenoxy) is 2. The maximum Gasteiger partial charge on any atom is 0.350 e. The highest BCUT2D eigenvalue weighted by Crippen LogP contribution is 2.23. The van der Waals surface area contributed by atoms with Crippen molar-refractivity contribution < 1.29 is 19.1 Å². The largest absolute Gasteiger partial charge is 0.419 e. The van der Waals surface area contributed by atoms with Crippen molar-refractivity contribution in [2.45, 2.75) is 19.6 Å². The first-order chi connectivity index (χ1) is 9.94. The lowest BCUT2D eigenvalue weighted by atomic mass is 10.2. The zero-order chi connectivity index (χ0) is 15.0. The summed E-state index contributed by atoms with van der Waals surface area (Å²) >= 11 is 0. The Bertz CT molecular complexity index is 740. The number of carbonyl (C=O) groups is 2. The molecule has 8 nitrogen and oxygen atoms in total. The second-order valence-electron chi connectivity index (χ2n) is 4.91. The van der Waals surface area contributed by atoms with E-state index in [-0.39, 0.29) is 5.57 Å². The fourth-order valence-corrected chi connectivity index (χ4v) is 1.86. The summed E-state index contributed by atoms with van der Waals surface area (Å²) in [6, 6.07) is 5.21. The standard InChI is InChI=1S/C13H12N4O4/c1-13(2)20-11(18)8(12(19)21-13)6-14-7-3-4-9-10(5-7)16-17-15-9/h3-6,14H,1-2H3,(H,15,16,17). The summed E-state index contributed by atoms with van der Waals surface area (Å²) in [5, 5.41) is 13.2. The lowest BCUT2D eigenvalue weighted by Gasteiger charge is -2.29. The molecule has 8 heteroatoms. The summed E-state index contributed by atoms with van der Waals surface area (Å²) in [6.45, 7) is 2.98. The van der Waals surface area contributed by atoms with Gasteiger partial charge in [0, 0.05) is 25.7 Å². The van der Waals surface area contributed by atoms with Crippen molar-refractivity contribution in [1.29, 1.82) is 0 Å². The predicted octanol–water partition coefficient (Wildman–Crippen LogP) is 1.09. The molecule has 2 heterocycles. The van der Waals surface area contributed by atoms with E-state index in [4.69, 9.17) is 9.47 Å². The number of hydrogen-bond acceptors (Lipinski definition) is 7. The minimum atomic E-state index is -1.24. The molecule has 0 radical (unpaired) electrons. The van der Waals surface area contributed by atoms with Gasteiger partial charge in [0.1, 0.15) is 11.0 Å². The Kier molecular flexibility index (Phi) is 2.86. The first-order valence-corrected chi connectivity index (χ1v) is 6.18. The van der Waals surface area contributed by atoms with E-state index in [1.165, 1.54) is 20.0 Å². The van der Waals surface area contributed by atoms with E-state index in [2.05, 4.69) is 20.7 Å². The molecule has 0 bridgehead atoms. The van der Waals surface area contributed by atoms with Gasteiger partial charge in [-0.15, -0.1) is 0 Å². The number of H-pyrrole nitrogens is 1. The number of nitrogens with zero attached hydrogens (tertiary/aromatic N) is 2. The monoisotopic (exact) mass is 288 g/mol. The van der Waals surface area contributed by atoms with Gasteiger partial charge in [0.05, 0.1) is 0 Å². The summed E-state index contributed by atoms with van der Waals surface area (Å²) in [7, 11) is 0. The van der Waals surface area contributed by atoms with Crippen LogP contribution in [0.2, 0.25) is 0 Å². The Labute approximate surface area is 119 Å². The molecule has 1 aromatic heterocycles. The van der Waals surface area contributed by atoms with E-state index in [0.29, 0.717) is 16.7 Å². The van der Waals surface area contributed by atoms with Crippen LogP contribution < -0.4 is 5.32 Å². The zero-order valence-electron chi connectivity index (χ0n) is 11.3. The number of benzene rings is 1. The van der Waals surface area contributed by atoms with Crippen LogP contribution in [0.3, 0.4) is 0 Å². The predicted molar refractivity (Wildman–Crippen MR) is 71.9 cm³/mol. The highest BCUT2D eigenvalue weighted by atomic mass is 16.7. The highest BCUT2D eigenvalue weighted by Gasteiger charge is 2.38. The highest BCUT2D eigenvalue weighted by molar-refractivity contribution is 6.15. The minimum absolute atomic E-state index is 0.199. The van der Waals surface area contributed by atoms with Crippen LogP contribution in [0.4, 0.5) is 5.69 Å². The van der Waals surface area contributed by atoms with Gasteiger partial charge >= 0.3 is 11.9 Å². The van der Waals surface area contributed by atoms with Crippen LogP contribution in [0.25, 0.3) is 11.0 Å². The molecular weight excluding hydrogens is 276 g/mol. The Morgan fingerprint density at radius 2 is 1.81 bits per heavy atom. The Morgan fingerprint density at radius 3 is 2.52 bits per heavy atom. The molecule has 3 rings (SSSR count). The second-order valence-corrected chi connectivity index (χ2v) is 4.91. The molecular formula is C13H12N4O4. The van der Waals surface area contributed by atoms with Crippen LogP contribution >= 0.6 is 0 Å². The van der Waals surface area contributed by atoms with Crippen molar-refractivity contribution in [2.75, 3.05) is 5.32 Å². The normalized spacial score (nSPS) is 17.3. The number of cyclic esters (lactones) is 2. The van der Waals surface area contributed by atoms with E-state index in [1.807, 2.05) is 0 Å². The summed E-state index contributed by atoms with van der Waals surface area (Å²) in [5.74, 6) is -2.71. The van der Waals surface area contributed by atoms with E-state index < -0.39 is 17.7 Å². The number of carbonyl (C=O) groups excluding carboxylic acids is 2. The second kappa shape index (κ2) is 4.58. The number of esters is 2. The Hall–Kier alpha value is -2.90. The smallest absolute Gasteiger partial charge is 0.350 e. The molecule has 1 aliphatic heterocycles. The van der Waals surface area contributed by atoms with Gasteiger partial charge in [-0.05, 0) is 18.2 Å². The lowest BCUT2D eigenvalue weighted by molar-refractivity contribution is -0.222. The fourth-order valence-electron chi connectivity index (χ4n) is 1.86. The zero-order valence-corrected chi connectivity index (χ0v) is 11.3. The van der Waals surface area contributed by atoms with Crippen LogP contribution in [0.15, 0.2) is 30.0 Å². The van der Waals surface area contributed by atoms with Crippen LogP contribution in [0.5, 0.6) is 0 Å². The molecule has 0 spiro atoms. The number of hydrogen-bond donors (Lipinski definition) is 2. The number of nitrogens with one attached hydrogen (secondary N) is 2. The van der Waals surface area contributed by atoms with Gasteiger partial charge in [0.25, 0.3) is 5.79 Å². The number of anilines is 1. The van der Waals surface area contributed by atoms with Gasteiger partial charge in [-0.1, -0.05) is 0 Å².